The molecule has 2 rings (SSSR count). The molecule has 1 N–H and O–H groups in total. The van der Waals surface area contributed by atoms with E-state index in [0.717, 1.165) is 35.3 Å². The zero-order chi connectivity index (χ0) is 13.7. The molecule has 20 heavy (non-hydrogen) atoms. The minimum absolute atomic E-state index is 0. The Hall–Kier alpha value is -0.530. The number of hydrogen-bond acceptors (Lipinski definition) is 3. The van der Waals surface area contributed by atoms with Gasteiger partial charge >= 0.3 is 0 Å². The first kappa shape index (κ1) is 17.5. The normalized spacial score (nSPS) is 18.3. The number of piperidine rings is 1. The zero-order valence-electron chi connectivity index (χ0n) is 11.5. The molecule has 1 atom stereocenters. The summed E-state index contributed by atoms with van der Waals surface area (Å²) in [6, 6.07) is 8.14. The van der Waals surface area contributed by atoms with Crippen molar-refractivity contribution in [2.75, 3.05) is 26.7 Å². The van der Waals surface area contributed by atoms with Gasteiger partial charge in [0.05, 0.1) is 0 Å². The summed E-state index contributed by atoms with van der Waals surface area (Å²) in [6.45, 7) is 1.75. The highest BCUT2D eigenvalue weighted by atomic mass is 127. The van der Waals surface area contributed by atoms with Crippen LogP contribution < -0.4 is 10.1 Å². The Balaban J connectivity index is 0.00000200. The molecule has 1 amide bonds. The molecular weight excluding hydrogens is 391 g/mol. The number of carbonyl (C=O) groups excluding carboxylic acids is 1. The summed E-state index contributed by atoms with van der Waals surface area (Å²) >= 11 is 2.24. The summed E-state index contributed by atoms with van der Waals surface area (Å²) in [7, 11) is 1.95. The van der Waals surface area contributed by atoms with E-state index in [1.807, 2.05) is 36.2 Å². The van der Waals surface area contributed by atoms with Crippen molar-refractivity contribution in [1.82, 2.24) is 10.2 Å². The van der Waals surface area contributed by atoms with Crippen molar-refractivity contribution in [3.63, 3.8) is 0 Å². The standard InChI is InChI=1S/C14H19IN2O2.ClH/c1-16-12-3-2-8-17(9-12)14(18)10-19-13-6-4-11(15)5-7-13;/h4-7,12,16H,2-3,8-10H2,1H3;1H. The Kier molecular flexibility index (Phi) is 7.61. The Morgan fingerprint density at radius 2 is 2.15 bits per heavy atom. The van der Waals surface area contributed by atoms with Gasteiger partial charge < -0.3 is 15.0 Å². The molecule has 0 saturated carbocycles. The second kappa shape index (κ2) is 8.69. The number of likely N-dealkylation sites (tertiary alicyclic amines) is 1. The molecule has 1 unspecified atom stereocenters. The highest BCUT2D eigenvalue weighted by Crippen LogP contribution is 2.14. The van der Waals surface area contributed by atoms with E-state index >= 15 is 0 Å². The van der Waals surface area contributed by atoms with Crippen molar-refractivity contribution < 1.29 is 9.53 Å². The summed E-state index contributed by atoms with van der Waals surface area (Å²) in [6.07, 6.45) is 2.19. The van der Waals surface area contributed by atoms with Crippen molar-refractivity contribution in [3.05, 3.63) is 27.8 Å². The molecule has 1 aromatic rings. The number of likely N-dealkylation sites (N-methyl/N-ethyl adjacent to an activating group) is 1. The fraction of sp³-hybridized carbons (Fsp3) is 0.500. The molecule has 4 nitrogen and oxygen atoms in total. The molecule has 1 fully saturated rings. The lowest BCUT2D eigenvalue weighted by Gasteiger charge is -2.32. The number of halogens is 2. The number of nitrogens with one attached hydrogen (secondary N) is 1. The second-order valence-corrected chi connectivity index (χ2v) is 5.96. The topological polar surface area (TPSA) is 41.6 Å². The highest BCUT2D eigenvalue weighted by Gasteiger charge is 2.22. The fourth-order valence-electron chi connectivity index (χ4n) is 2.21. The maximum Gasteiger partial charge on any atom is 0.260 e. The van der Waals surface area contributed by atoms with Gasteiger partial charge in [-0.1, -0.05) is 0 Å². The van der Waals surface area contributed by atoms with E-state index in [2.05, 4.69) is 27.9 Å². The molecule has 1 saturated heterocycles. The largest absolute Gasteiger partial charge is 0.484 e. The van der Waals surface area contributed by atoms with Crippen LogP contribution in [0.5, 0.6) is 5.75 Å². The van der Waals surface area contributed by atoms with Gasteiger partial charge in [-0.3, -0.25) is 4.79 Å². The summed E-state index contributed by atoms with van der Waals surface area (Å²) in [5, 5.41) is 3.23. The molecule has 1 aliphatic heterocycles. The molecular formula is C14H20ClIN2O2. The van der Waals surface area contributed by atoms with Gasteiger partial charge in [0.15, 0.2) is 6.61 Å². The van der Waals surface area contributed by atoms with Crippen LogP contribution in [0.4, 0.5) is 0 Å². The van der Waals surface area contributed by atoms with Crippen LogP contribution in [0.15, 0.2) is 24.3 Å². The van der Waals surface area contributed by atoms with Crippen LogP contribution in [0, 0.1) is 3.57 Å². The first-order valence-corrected chi connectivity index (χ1v) is 7.60. The Labute approximate surface area is 139 Å². The second-order valence-electron chi connectivity index (χ2n) is 4.71. The number of amides is 1. The van der Waals surface area contributed by atoms with Crippen LogP contribution in [0.2, 0.25) is 0 Å². The Morgan fingerprint density at radius 1 is 1.45 bits per heavy atom. The number of hydrogen-bond donors (Lipinski definition) is 1. The highest BCUT2D eigenvalue weighted by molar-refractivity contribution is 14.1. The van der Waals surface area contributed by atoms with E-state index in [9.17, 15) is 4.79 Å². The van der Waals surface area contributed by atoms with Gasteiger partial charge in [-0.05, 0) is 66.7 Å². The summed E-state index contributed by atoms with van der Waals surface area (Å²) in [5.41, 5.74) is 0. The van der Waals surface area contributed by atoms with E-state index in [1.165, 1.54) is 0 Å². The van der Waals surface area contributed by atoms with Crippen LogP contribution in [0.1, 0.15) is 12.8 Å². The predicted octanol–water partition coefficient (Wildman–Crippen LogP) is 2.30. The quantitative estimate of drug-likeness (QED) is 0.775. The Bertz CT molecular complexity index is 428. The van der Waals surface area contributed by atoms with Gasteiger partial charge in [-0.25, -0.2) is 0 Å². The Morgan fingerprint density at radius 3 is 2.80 bits per heavy atom. The van der Waals surface area contributed by atoms with Crippen LogP contribution in [0.3, 0.4) is 0 Å². The fourth-order valence-corrected chi connectivity index (χ4v) is 2.57. The molecule has 1 aliphatic rings. The molecule has 0 aliphatic carbocycles. The van der Waals surface area contributed by atoms with Crippen molar-refractivity contribution in [3.8, 4) is 5.75 Å². The predicted molar refractivity (Wildman–Crippen MR) is 90.6 cm³/mol. The smallest absolute Gasteiger partial charge is 0.260 e. The number of benzene rings is 1. The van der Waals surface area contributed by atoms with Crippen LogP contribution in [0.25, 0.3) is 0 Å². The van der Waals surface area contributed by atoms with Gasteiger partial charge in [0.25, 0.3) is 5.91 Å². The molecule has 6 heteroatoms. The van der Waals surface area contributed by atoms with Gasteiger partial charge in [-0.15, -0.1) is 12.4 Å². The maximum atomic E-state index is 12.1. The van der Waals surface area contributed by atoms with Crippen molar-refractivity contribution in [2.45, 2.75) is 18.9 Å². The number of nitrogens with zero attached hydrogens (tertiary/aromatic N) is 1. The average Bonchev–Trinajstić information content (AvgIpc) is 2.46. The van der Waals surface area contributed by atoms with E-state index in [0.29, 0.717) is 6.04 Å². The van der Waals surface area contributed by atoms with E-state index in [4.69, 9.17) is 4.74 Å². The lowest BCUT2D eigenvalue weighted by atomic mass is 10.1. The van der Waals surface area contributed by atoms with E-state index in [1.54, 1.807) is 0 Å². The van der Waals surface area contributed by atoms with Crippen molar-refractivity contribution >= 4 is 40.9 Å². The monoisotopic (exact) mass is 410 g/mol. The molecule has 0 aromatic heterocycles. The summed E-state index contributed by atoms with van der Waals surface area (Å²) in [4.78, 5) is 14.0. The van der Waals surface area contributed by atoms with Crippen LogP contribution >= 0.6 is 35.0 Å². The van der Waals surface area contributed by atoms with Crippen molar-refractivity contribution in [2.24, 2.45) is 0 Å². The molecule has 0 radical (unpaired) electrons. The SMILES string of the molecule is CNC1CCCN(C(=O)COc2ccc(I)cc2)C1.Cl. The summed E-state index contributed by atoms with van der Waals surface area (Å²) < 4.78 is 6.69. The van der Waals surface area contributed by atoms with Gasteiger partial charge in [0, 0.05) is 22.7 Å². The van der Waals surface area contributed by atoms with Crippen LogP contribution in [-0.2, 0) is 4.79 Å². The van der Waals surface area contributed by atoms with E-state index in [-0.39, 0.29) is 24.9 Å². The average molecular weight is 411 g/mol. The number of ether oxygens (including phenoxy) is 1. The molecule has 1 aromatic carbocycles. The summed E-state index contributed by atoms with van der Waals surface area (Å²) in [5.74, 6) is 0.814. The van der Waals surface area contributed by atoms with Crippen molar-refractivity contribution in [1.29, 1.82) is 0 Å². The first-order chi connectivity index (χ1) is 9.19. The molecule has 0 spiro atoms. The maximum absolute atomic E-state index is 12.1. The van der Waals surface area contributed by atoms with Gasteiger partial charge in [0.2, 0.25) is 0 Å². The third-order valence-corrected chi connectivity index (χ3v) is 4.08. The molecule has 1 heterocycles. The first-order valence-electron chi connectivity index (χ1n) is 6.52. The third kappa shape index (κ3) is 5.10. The lowest BCUT2D eigenvalue weighted by molar-refractivity contribution is -0.134. The van der Waals surface area contributed by atoms with Gasteiger partial charge in [0.1, 0.15) is 5.75 Å². The lowest BCUT2D eigenvalue weighted by Crippen LogP contribution is -2.48. The number of rotatable bonds is 4. The molecule has 0 bridgehead atoms. The minimum atomic E-state index is 0. The van der Waals surface area contributed by atoms with Gasteiger partial charge in [-0.2, -0.15) is 0 Å². The van der Waals surface area contributed by atoms with Crippen LogP contribution in [-0.4, -0.2) is 43.6 Å². The molecule has 112 valence electrons. The third-order valence-electron chi connectivity index (χ3n) is 3.36. The van der Waals surface area contributed by atoms with E-state index < -0.39 is 0 Å². The minimum Gasteiger partial charge on any atom is -0.484 e. The zero-order valence-corrected chi connectivity index (χ0v) is 14.4. The number of carbonyl (C=O) groups is 1.